The molecule has 1 aromatic carbocycles. The minimum Gasteiger partial charge on any atom is -0.496 e. The summed E-state index contributed by atoms with van der Waals surface area (Å²) in [5.74, 6) is 1.73. The lowest BCUT2D eigenvalue weighted by atomic mass is 9.90. The molecule has 0 saturated heterocycles. The van der Waals surface area contributed by atoms with Crippen LogP contribution in [0.25, 0.3) is 0 Å². The first-order chi connectivity index (χ1) is 7.79. The van der Waals surface area contributed by atoms with Gasteiger partial charge in [-0.25, -0.2) is 0 Å². The second-order valence-corrected chi connectivity index (χ2v) is 4.63. The van der Waals surface area contributed by atoms with Crippen LogP contribution in [-0.4, -0.2) is 7.11 Å². The van der Waals surface area contributed by atoms with Crippen molar-refractivity contribution in [2.45, 2.75) is 32.6 Å². The van der Waals surface area contributed by atoms with Crippen LogP contribution in [0.2, 0.25) is 0 Å². The van der Waals surface area contributed by atoms with E-state index in [2.05, 4.69) is 37.3 Å². The summed E-state index contributed by atoms with van der Waals surface area (Å²) < 4.78 is 5.36. The number of ether oxygens (including phenoxy) is 1. The summed E-state index contributed by atoms with van der Waals surface area (Å²) >= 11 is 0. The van der Waals surface area contributed by atoms with E-state index in [4.69, 9.17) is 4.74 Å². The van der Waals surface area contributed by atoms with Crippen molar-refractivity contribution in [3.05, 3.63) is 41.5 Å². The van der Waals surface area contributed by atoms with E-state index in [0.29, 0.717) is 0 Å². The maximum Gasteiger partial charge on any atom is 0.122 e. The van der Waals surface area contributed by atoms with Crippen molar-refractivity contribution in [1.82, 2.24) is 0 Å². The predicted octanol–water partition coefficient (Wildman–Crippen LogP) is 3.90. The normalized spacial score (nSPS) is 19.8. The molecule has 0 aromatic heterocycles. The summed E-state index contributed by atoms with van der Waals surface area (Å²) in [7, 11) is 1.74. The average molecular weight is 216 g/mol. The van der Waals surface area contributed by atoms with E-state index in [-0.39, 0.29) is 0 Å². The molecule has 0 fully saturated rings. The molecule has 0 heterocycles. The van der Waals surface area contributed by atoms with Crippen molar-refractivity contribution in [3.63, 3.8) is 0 Å². The van der Waals surface area contributed by atoms with Gasteiger partial charge in [0.2, 0.25) is 0 Å². The molecule has 0 N–H and O–H groups in total. The summed E-state index contributed by atoms with van der Waals surface area (Å²) in [6, 6.07) is 6.55. The van der Waals surface area contributed by atoms with Crippen LogP contribution < -0.4 is 4.74 Å². The summed E-state index contributed by atoms with van der Waals surface area (Å²) in [4.78, 5) is 0. The van der Waals surface area contributed by atoms with Crippen molar-refractivity contribution < 1.29 is 4.74 Å². The highest BCUT2D eigenvalue weighted by Crippen LogP contribution is 2.25. The molecule has 1 atom stereocenters. The molecule has 0 aliphatic heterocycles. The van der Waals surface area contributed by atoms with Crippen molar-refractivity contribution in [2.24, 2.45) is 5.92 Å². The summed E-state index contributed by atoms with van der Waals surface area (Å²) in [6.45, 7) is 2.09. The molecule has 16 heavy (non-hydrogen) atoms. The van der Waals surface area contributed by atoms with Gasteiger partial charge in [0, 0.05) is 0 Å². The lowest BCUT2D eigenvalue weighted by molar-refractivity contribution is 0.410. The number of hydrogen-bond acceptors (Lipinski definition) is 1. The van der Waals surface area contributed by atoms with Gasteiger partial charge in [0.15, 0.2) is 0 Å². The number of rotatable bonds is 3. The van der Waals surface area contributed by atoms with Gasteiger partial charge in [-0.1, -0.05) is 24.3 Å². The number of aryl methyl sites for hydroxylation is 1. The van der Waals surface area contributed by atoms with Gasteiger partial charge in [-0.3, -0.25) is 0 Å². The van der Waals surface area contributed by atoms with Gasteiger partial charge in [-0.15, -0.1) is 0 Å². The standard InChI is InChI=1S/C15H20O/c1-12-8-9-14(11-15(12)16-2)10-13-6-4-3-5-7-13/h4,6,8-9,11,13H,3,5,7,10H2,1-2H3. The number of benzene rings is 1. The second-order valence-electron chi connectivity index (χ2n) is 4.63. The van der Waals surface area contributed by atoms with Crippen LogP contribution in [0.5, 0.6) is 5.75 Å². The first-order valence-corrected chi connectivity index (χ1v) is 6.10. The zero-order valence-corrected chi connectivity index (χ0v) is 10.2. The van der Waals surface area contributed by atoms with Gasteiger partial charge in [-0.2, -0.15) is 0 Å². The molecule has 1 unspecified atom stereocenters. The van der Waals surface area contributed by atoms with Crippen molar-refractivity contribution in [3.8, 4) is 5.75 Å². The van der Waals surface area contributed by atoms with Crippen LogP contribution in [0.4, 0.5) is 0 Å². The Hall–Kier alpha value is -1.24. The van der Waals surface area contributed by atoms with Gasteiger partial charge in [0.25, 0.3) is 0 Å². The van der Waals surface area contributed by atoms with Crippen LogP contribution >= 0.6 is 0 Å². The number of hydrogen-bond donors (Lipinski definition) is 0. The lowest BCUT2D eigenvalue weighted by Gasteiger charge is -2.17. The quantitative estimate of drug-likeness (QED) is 0.696. The number of allylic oxidation sites excluding steroid dienone is 2. The van der Waals surface area contributed by atoms with E-state index in [1.165, 1.54) is 30.4 Å². The third kappa shape index (κ3) is 2.66. The monoisotopic (exact) mass is 216 g/mol. The third-order valence-electron chi connectivity index (χ3n) is 3.32. The molecule has 0 bridgehead atoms. The van der Waals surface area contributed by atoms with E-state index in [1.54, 1.807) is 7.11 Å². The maximum atomic E-state index is 5.36. The smallest absolute Gasteiger partial charge is 0.122 e. The molecule has 86 valence electrons. The SMILES string of the molecule is COc1cc(CC2C=CCCC2)ccc1C. The van der Waals surface area contributed by atoms with E-state index in [1.807, 2.05) is 0 Å². The van der Waals surface area contributed by atoms with Crippen LogP contribution in [-0.2, 0) is 6.42 Å². The fourth-order valence-electron chi connectivity index (χ4n) is 2.35. The molecular formula is C15H20O. The highest BCUT2D eigenvalue weighted by atomic mass is 16.5. The fourth-order valence-corrected chi connectivity index (χ4v) is 2.35. The topological polar surface area (TPSA) is 9.23 Å². The van der Waals surface area contributed by atoms with E-state index < -0.39 is 0 Å². The van der Waals surface area contributed by atoms with Crippen LogP contribution in [0.15, 0.2) is 30.4 Å². The Morgan fingerprint density at radius 2 is 2.25 bits per heavy atom. The fraction of sp³-hybridized carbons (Fsp3) is 0.467. The Kier molecular flexibility index (Phi) is 3.66. The largest absolute Gasteiger partial charge is 0.496 e. The highest BCUT2D eigenvalue weighted by molar-refractivity contribution is 5.36. The average Bonchev–Trinajstić information content (AvgIpc) is 2.33. The molecule has 0 saturated carbocycles. The first kappa shape index (κ1) is 11.3. The van der Waals surface area contributed by atoms with Gasteiger partial charge in [0.05, 0.1) is 7.11 Å². The van der Waals surface area contributed by atoms with Gasteiger partial charge >= 0.3 is 0 Å². The zero-order chi connectivity index (χ0) is 11.4. The minimum absolute atomic E-state index is 0.723. The Balaban J connectivity index is 2.09. The Morgan fingerprint density at radius 3 is 2.94 bits per heavy atom. The third-order valence-corrected chi connectivity index (χ3v) is 3.32. The molecule has 1 heteroatoms. The van der Waals surface area contributed by atoms with Gasteiger partial charge < -0.3 is 4.74 Å². The number of methoxy groups -OCH3 is 1. The second kappa shape index (κ2) is 5.20. The summed E-state index contributed by atoms with van der Waals surface area (Å²) in [6.07, 6.45) is 9.76. The predicted molar refractivity (Wildman–Crippen MR) is 67.9 cm³/mol. The van der Waals surface area contributed by atoms with E-state index in [0.717, 1.165) is 18.1 Å². The first-order valence-electron chi connectivity index (χ1n) is 6.10. The molecule has 0 radical (unpaired) electrons. The van der Waals surface area contributed by atoms with Crippen LogP contribution in [0.3, 0.4) is 0 Å². The molecule has 1 nitrogen and oxygen atoms in total. The Labute approximate surface area is 98.1 Å². The zero-order valence-electron chi connectivity index (χ0n) is 10.2. The lowest BCUT2D eigenvalue weighted by Crippen LogP contribution is -2.04. The molecule has 0 amide bonds. The highest BCUT2D eigenvalue weighted by Gasteiger charge is 2.10. The van der Waals surface area contributed by atoms with E-state index >= 15 is 0 Å². The molecule has 1 aliphatic rings. The van der Waals surface area contributed by atoms with Gasteiger partial charge in [0.1, 0.15) is 5.75 Å². The molecule has 1 aliphatic carbocycles. The minimum atomic E-state index is 0.723. The summed E-state index contributed by atoms with van der Waals surface area (Å²) in [5, 5.41) is 0. The van der Waals surface area contributed by atoms with Crippen LogP contribution in [0.1, 0.15) is 30.4 Å². The Morgan fingerprint density at radius 1 is 1.38 bits per heavy atom. The Bertz CT molecular complexity index is 379. The summed E-state index contributed by atoms with van der Waals surface area (Å²) in [5.41, 5.74) is 2.60. The molecule has 2 rings (SSSR count). The molecular weight excluding hydrogens is 196 g/mol. The van der Waals surface area contributed by atoms with E-state index in [9.17, 15) is 0 Å². The van der Waals surface area contributed by atoms with Crippen LogP contribution in [0, 0.1) is 12.8 Å². The molecule has 0 spiro atoms. The van der Waals surface area contributed by atoms with Crippen molar-refractivity contribution in [2.75, 3.05) is 7.11 Å². The van der Waals surface area contributed by atoms with Crippen molar-refractivity contribution in [1.29, 1.82) is 0 Å². The maximum absolute atomic E-state index is 5.36. The van der Waals surface area contributed by atoms with Gasteiger partial charge in [-0.05, 0) is 55.7 Å². The van der Waals surface area contributed by atoms with Crippen molar-refractivity contribution >= 4 is 0 Å². The molecule has 1 aromatic rings.